The van der Waals surface area contributed by atoms with Crippen LogP contribution in [-0.2, 0) is 20.5 Å². The normalized spacial score (nSPS) is 24.9. The van der Waals surface area contributed by atoms with Crippen molar-refractivity contribution in [2.75, 3.05) is 20.1 Å². The summed E-state index contributed by atoms with van der Waals surface area (Å²) < 4.78 is 44.0. The van der Waals surface area contributed by atoms with Gasteiger partial charge in [0.05, 0.1) is 30.2 Å². The minimum atomic E-state index is -4.41. The van der Waals surface area contributed by atoms with Gasteiger partial charge in [0.1, 0.15) is 0 Å². The third-order valence-corrected chi connectivity index (χ3v) is 5.44. The molecule has 3 unspecified atom stereocenters. The molecule has 3 rings (SSSR count). The number of likely N-dealkylation sites (tertiary alicyclic amines) is 1. The second kappa shape index (κ2) is 9.32. The third kappa shape index (κ3) is 5.93. The van der Waals surface area contributed by atoms with Crippen molar-refractivity contribution in [1.82, 2.24) is 20.9 Å². The minimum absolute atomic E-state index is 0.00752. The van der Waals surface area contributed by atoms with Crippen LogP contribution in [-0.4, -0.2) is 55.3 Å². The lowest BCUT2D eigenvalue weighted by atomic mass is 10.0. The summed E-state index contributed by atoms with van der Waals surface area (Å²) in [6, 6.07) is 3.33. The Morgan fingerprint density at radius 3 is 2.47 bits per heavy atom. The first-order chi connectivity index (χ1) is 14.1. The van der Waals surface area contributed by atoms with E-state index >= 15 is 0 Å². The summed E-state index contributed by atoms with van der Waals surface area (Å²) in [6.07, 6.45) is -3.53. The third-order valence-electron chi connectivity index (χ3n) is 5.44. The molecule has 2 aliphatic heterocycles. The van der Waals surface area contributed by atoms with Crippen molar-refractivity contribution in [3.05, 3.63) is 35.4 Å². The monoisotopic (exact) mass is 428 g/mol. The molecule has 2 fully saturated rings. The van der Waals surface area contributed by atoms with Gasteiger partial charge in [0.15, 0.2) is 6.35 Å². The van der Waals surface area contributed by atoms with E-state index in [0.29, 0.717) is 5.56 Å². The van der Waals surface area contributed by atoms with E-state index in [1.165, 1.54) is 12.1 Å². The Kier molecular flexibility index (Phi) is 6.99. The zero-order valence-corrected chi connectivity index (χ0v) is 17.0. The van der Waals surface area contributed by atoms with Crippen LogP contribution in [0.2, 0.25) is 0 Å². The average Bonchev–Trinajstić information content (AvgIpc) is 2.68. The number of alkyl halides is 3. The molecule has 1 aromatic rings. The van der Waals surface area contributed by atoms with Crippen molar-refractivity contribution in [2.45, 2.75) is 56.9 Å². The molecule has 2 saturated heterocycles. The zero-order valence-electron chi connectivity index (χ0n) is 17.0. The highest BCUT2D eigenvalue weighted by molar-refractivity contribution is 5.89. The fourth-order valence-corrected chi connectivity index (χ4v) is 3.59. The number of carbonyl (C=O) groups excluding carboxylic acids is 2. The first-order valence-electron chi connectivity index (χ1n) is 9.99. The van der Waals surface area contributed by atoms with Gasteiger partial charge in [0, 0.05) is 13.1 Å². The number of nitrogens with one attached hydrogen (secondary N) is 3. The van der Waals surface area contributed by atoms with Crippen molar-refractivity contribution < 1.29 is 27.5 Å². The maximum atomic E-state index is 12.7. The number of rotatable bonds is 5. The van der Waals surface area contributed by atoms with Crippen molar-refractivity contribution in [3.8, 4) is 0 Å². The topological polar surface area (TPSA) is 82.7 Å². The molecule has 0 saturated carbocycles. The zero-order chi connectivity index (χ0) is 21.9. The smallest absolute Gasteiger partial charge is 0.348 e. The highest BCUT2D eigenvalue weighted by Crippen LogP contribution is 2.30. The summed E-state index contributed by atoms with van der Waals surface area (Å²) in [5, 5.41) is 8.44. The summed E-state index contributed by atoms with van der Waals surface area (Å²) in [5.41, 5.74) is -0.208. The van der Waals surface area contributed by atoms with Crippen LogP contribution in [0.3, 0.4) is 0 Å². The van der Waals surface area contributed by atoms with Crippen molar-refractivity contribution in [3.63, 3.8) is 0 Å². The number of piperidine rings is 1. The lowest BCUT2D eigenvalue weighted by Gasteiger charge is -2.36. The Labute approximate surface area is 173 Å². The Bertz CT molecular complexity index is 749. The molecule has 3 N–H and O–H groups in total. The second-order valence-electron chi connectivity index (χ2n) is 7.86. The molecule has 0 bridgehead atoms. The van der Waals surface area contributed by atoms with E-state index in [1.807, 2.05) is 7.05 Å². The van der Waals surface area contributed by atoms with E-state index in [1.54, 1.807) is 6.92 Å². The van der Waals surface area contributed by atoms with Gasteiger partial charge in [-0.15, -0.1) is 0 Å². The van der Waals surface area contributed by atoms with E-state index in [0.717, 1.165) is 38.1 Å². The highest BCUT2D eigenvalue weighted by atomic mass is 19.4. The molecular weight excluding hydrogens is 401 g/mol. The molecule has 30 heavy (non-hydrogen) atoms. The molecule has 0 spiro atoms. The van der Waals surface area contributed by atoms with Gasteiger partial charge in [0.25, 0.3) is 0 Å². The number of carbonyl (C=O) groups is 2. The van der Waals surface area contributed by atoms with E-state index < -0.39 is 36.1 Å². The first kappa shape index (κ1) is 22.5. The Morgan fingerprint density at radius 2 is 1.87 bits per heavy atom. The molecule has 7 nitrogen and oxygen atoms in total. The quantitative estimate of drug-likeness (QED) is 0.666. The molecule has 0 aliphatic carbocycles. The van der Waals surface area contributed by atoms with E-state index in [2.05, 4.69) is 20.9 Å². The summed E-state index contributed by atoms with van der Waals surface area (Å²) in [5.74, 6) is -0.705. The van der Waals surface area contributed by atoms with E-state index in [-0.39, 0.29) is 18.4 Å². The number of ether oxygens (including phenoxy) is 1. The van der Waals surface area contributed by atoms with Gasteiger partial charge in [-0.05, 0) is 44.5 Å². The summed E-state index contributed by atoms with van der Waals surface area (Å²) in [4.78, 5) is 26.9. The van der Waals surface area contributed by atoms with Crippen LogP contribution in [0.4, 0.5) is 13.2 Å². The van der Waals surface area contributed by atoms with Gasteiger partial charge in [-0.1, -0.05) is 12.1 Å². The molecular formula is C20H27F3N4O3. The molecule has 166 valence electrons. The fourth-order valence-electron chi connectivity index (χ4n) is 3.59. The van der Waals surface area contributed by atoms with Crippen molar-refractivity contribution in [1.29, 1.82) is 0 Å². The van der Waals surface area contributed by atoms with Crippen LogP contribution in [0.5, 0.6) is 0 Å². The van der Waals surface area contributed by atoms with E-state index in [9.17, 15) is 22.8 Å². The number of hydrogen-bond acceptors (Lipinski definition) is 5. The van der Waals surface area contributed by atoms with Crippen LogP contribution in [0.15, 0.2) is 24.3 Å². The molecule has 10 heteroatoms. The standard InChI is InChI=1S/C20H27F3N4O3/c1-12(13-3-5-14(6-4-13)20(21,22)23)24-18(29)16-11-17(28)26-19(25-16)30-15-7-9-27(2)10-8-15/h3-6,12,15-16,19,25H,7-11H2,1-2H3,(H,24,29)(H,26,28). The Balaban J connectivity index is 1.55. The largest absolute Gasteiger partial charge is 0.416 e. The lowest BCUT2D eigenvalue weighted by Crippen LogP contribution is -2.62. The Morgan fingerprint density at radius 1 is 1.23 bits per heavy atom. The van der Waals surface area contributed by atoms with Gasteiger partial charge in [-0.3, -0.25) is 14.9 Å². The molecule has 0 radical (unpaired) electrons. The SMILES string of the molecule is CC(NC(=O)C1CC(=O)NC(OC2CCN(C)CC2)N1)c1ccc(C(F)(F)F)cc1. The van der Waals surface area contributed by atoms with Gasteiger partial charge in [-0.2, -0.15) is 13.2 Å². The molecule has 0 aromatic heterocycles. The van der Waals surface area contributed by atoms with Crippen LogP contribution in [0.1, 0.15) is 43.4 Å². The lowest BCUT2D eigenvalue weighted by molar-refractivity contribution is -0.144. The Hall–Kier alpha value is -2.17. The highest BCUT2D eigenvalue weighted by Gasteiger charge is 2.34. The van der Waals surface area contributed by atoms with E-state index in [4.69, 9.17) is 4.74 Å². The second-order valence-corrected chi connectivity index (χ2v) is 7.86. The number of amides is 2. The molecule has 3 atom stereocenters. The molecule has 2 amide bonds. The van der Waals surface area contributed by atoms with Crippen LogP contribution >= 0.6 is 0 Å². The van der Waals surface area contributed by atoms with Gasteiger partial charge in [0.2, 0.25) is 11.8 Å². The van der Waals surface area contributed by atoms with Crippen LogP contribution in [0, 0.1) is 0 Å². The summed E-state index contributed by atoms with van der Waals surface area (Å²) in [7, 11) is 2.04. The fraction of sp³-hybridized carbons (Fsp3) is 0.600. The maximum Gasteiger partial charge on any atom is 0.416 e. The van der Waals surface area contributed by atoms with Crippen LogP contribution < -0.4 is 16.0 Å². The number of hydrogen-bond donors (Lipinski definition) is 3. The van der Waals surface area contributed by atoms with Gasteiger partial charge < -0.3 is 20.3 Å². The molecule has 1 aromatic carbocycles. The average molecular weight is 428 g/mol. The number of benzene rings is 1. The molecule has 2 heterocycles. The summed E-state index contributed by atoms with van der Waals surface area (Å²) >= 11 is 0. The van der Waals surface area contributed by atoms with Crippen molar-refractivity contribution in [2.24, 2.45) is 0 Å². The maximum absolute atomic E-state index is 12.7. The molecule has 2 aliphatic rings. The van der Waals surface area contributed by atoms with Gasteiger partial charge in [-0.25, -0.2) is 0 Å². The number of nitrogens with zero attached hydrogens (tertiary/aromatic N) is 1. The first-order valence-corrected chi connectivity index (χ1v) is 9.99. The van der Waals surface area contributed by atoms with Crippen molar-refractivity contribution >= 4 is 11.8 Å². The van der Waals surface area contributed by atoms with Gasteiger partial charge >= 0.3 is 6.18 Å². The predicted molar refractivity (Wildman–Crippen MR) is 103 cm³/mol. The minimum Gasteiger partial charge on any atom is -0.348 e. The van der Waals surface area contributed by atoms with Crippen LogP contribution in [0.25, 0.3) is 0 Å². The predicted octanol–water partition coefficient (Wildman–Crippen LogP) is 1.76. The summed E-state index contributed by atoms with van der Waals surface area (Å²) in [6.45, 7) is 3.48. The number of halogens is 3.